The van der Waals surface area contributed by atoms with E-state index in [0.717, 1.165) is 17.0 Å². The summed E-state index contributed by atoms with van der Waals surface area (Å²) in [5.41, 5.74) is 2.74. The van der Waals surface area contributed by atoms with Crippen LogP contribution in [0.15, 0.2) is 48.5 Å². The molecule has 2 aromatic rings. The van der Waals surface area contributed by atoms with Gasteiger partial charge in [0.25, 0.3) is 0 Å². The van der Waals surface area contributed by atoms with Gasteiger partial charge in [-0.05, 0) is 33.0 Å². The molecule has 1 unspecified atom stereocenters. The molecule has 0 saturated carbocycles. The normalized spacial score (nSPS) is 12.4. The second kappa shape index (κ2) is 6.44. The number of hydrogen-bond donors (Lipinski definition) is 0. The van der Waals surface area contributed by atoms with Crippen molar-refractivity contribution in [1.29, 1.82) is 0 Å². The first-order chi connectivity index (χ1) is 9.58. The zero-order valence-corrected chi connectivity index (χ0v) is 12.2. The Hall–Kier alpha value is -2.00. The molecule has 0 aliphatic carbocycles. The molecule has 3 heteroatoms. The van der Waals surface area contributed by atoms with Crippen molar-refractivity contribution in [3.8, 4) is 0 Å². The SMILES string of the molecule is Cc1cccc(CN(C)C(C)C(=O)c2ccccc2)n1. The van der Waals surface area contributed by atoms with E-state index in [0.29, 0.717) is 6.54 Å². The number of likely N-dealkylation sites (N-methyl/N-ethyl adjacent to an activating group) is 1. The lowest BCUT2D eigenvalue weighted by Gasteiger charge is -2.23. The summed E-state index contributed by atoms with van der Waals surface area (Å²) < 4.78 is 0. The number of pyridine rings is 1. The Balaban J connectivity index is 2.05. The highest BCUT2D eigenvalue weighted by Crippen LogP contribution is 2.10. The third-order valence-corrected chi connectivity index (χ3v) is 3.46. The number of carbonyl (C=O) groups excluding carboxylic acids is 1. The number of hydrogen-bond acceptors (Lipinski definition) is 3. The molecule has 1 aromatic heterocycles. The second-order valence-corrected chi connectivity index (χ2v) is 5.09. The van der Waals surface area contributed by atoms with Gasteiger partial charge in [-0.1, -0.05) is 36.4 Å². The number of aromatic nitrogens is 1. The lowest BCUT2D eigenvalue weighted by molar-refractivity contribution is 0.0861. The smallest absolute Gasteiger partial charge is 0.179 e. The molecule has 0 spiro atoms. The summed E-state index contributed by atoms with van der Waals surface area (Å²) in [6.45, 7) is 4.58. The third kappa shape index (κ3) is 3.52. The van der Waals surface area contributed by atoms with Gasteiger partial charge < -0.3 is 0 Å². The van der Waals surface area contributed by atoms with Crippen LogP contribution in [0.1, 0.15) is 28.7 Å². The van der Waals surface area contributed by atoms with Crippen LogP contribution in [0.3, 0.4) is 0 Å². The maximum atomic E-state index is 12.4. The fraction of sp³-hybridized carbons (Fsp3) is 0.294. The molecule has 2 rings (SSSR count). The van der Waals surface area contributed by atoms with Gasteiger partial charge in [0.05, 0.1) is 11.7 Å². The predicted octanol–water partition coefficient (Wildman–Crippen LogP) is 3.09. The Morgan fingerprint density at radius 3 is 2.50 bits per heavy atom. The molecular formula is C17H20N2O. The quantitative estimate of drug-likeness (QED) is 0.781. The third-order valence-electron chi connectivity index (χ3n) is 3.46. The van der Waals surface area contributed by atoms with Crippen LogP contribution >= 0.6 is 0 Å². The number of Topliss-reactive ketones (excluding diaryl/α,β-unsaturated/α-hetero) is 1. The summed E-state index contributed by atoms with van der Waals surface area (Å²) in [4.78, 5) is 18.9. The van der Waals surface area contributed by atoms with Gasteiger partial charge in [-0.15, -0.1) is 0 Å². The minimum atomic E-state index is -0.167. The highest BCUT2D eigenvalue weighted by Gasteiger charge is 2.19. The van der Waals surface area contributed by atoms with Crippen molar-refractivity contribution >= 4 is 5.78 Å². The Kier molecular flexibility index (Phi) is 4.64. The fourth-order valence-electron chi connectivity index (χ4n) is 2.12. The van der Waals surface area contributed by atoms with Crippen molar-refractivity contribution in [2.75, 3.05) is 7.05 Å². The first-order valence-electron chi connectivity index (χ1n) is 6.80. The van der Waals surface area contributed by atoms with Gasteiger partial charge >= 0.3 is 0 Å². The standard InChI is InChI=1S/C17H20N2O/c1-13-8-7-11-16(18-13)12-19(3)14(2)17(20)15-9-5-4-6-10-15/h4-11,14H,12H2,1-3H3. The first-order valence-corrected chi connectivity index (χ1v) is 6.80. The number of aryl methyl sites for hydroxylation is 1. The molecular weight excluding hydrogens is 248 g/mol. The first kappa shape index (κ1) is 14.4. The lowest BCUT2D eigenvalue weighted by atomic mass is 10.0. The molecule has 104 valence electrons. The summed E-state index contributed by atoms with van der Waals surface area (Å²) >= 11 is 0. The minimum Gasteiger partial charge on any atom is -0.292 e. The van der Waals surface area contributed by atoms with Crippen molar-refractivity contribution in [2.45, 2.75) is 26.4 Å². The molecule has 0 bridgehead atoms. The van der Waals surface area contributed by atoms with Crippen LogP contribution in [0.2, 0.25) is 0 Å². The number of benzene rings is 1. The highest BCUT2D eigenvalue weighted by atomic mass is 16.1. The molecule has 0 N–H and O–H groups in total. The van der Waals surface area contributed by atoms with Gasteiger partial charge in [0.15, 0.2) is 5.78 Å². The number of ketones is 1. The van der Waals surface area contributed by atoms with E-state index in [1.807, 2.05) is 74.3 Å². The molecule has 0 aliphatic heterocycles. The molecule has 1 aromatic carbocycles. The zero-order chi connectivity index (χ0) is 14.5. The summed E-state index contributed by atoms with van der Waals surface area (Å²) in [5.74, 6) is 0.140. The highest BCUT2D eigenvalue weighted by molar-refractivity contribution is 5.99. The Morgan fingerprint density at radius 1 is 1.15 bits per heavy atom. The Bertz CT molecular complexity index is 581. The van der Waals surface area contributed by atoms with Crippen molar-refractivity contribution in [3.63, 3.8) is 0 Å². The number of rotatable bonds is 5. The molecule has 0 radical (unpaired) electrons. The van der Waals surface area contributed by atoms with E-state index < -0.39 is 0 Å². The molecule has 20 heavy (non-hydrogen) atoms. The van der Waals surface area contributed by atoms with E-state index in [-0.39, 0.29) is 11.8 Å². The van der Waals surface area contributed by atoms with Gasteiger partial charge in [0.1, 0.15) is 0 Å². The van der Waals surface area contributed by atoms with Gasteiger partial charge in [0, 0.05) is 17.8 Å². The van der Waals surface area contributed by atoms with E-state index >= 15 is 0 Å². The number of carbonyl (C=O) groups is 1. The molecule has 0 fully saturated rings. The maximum Gasteiger partial charge on any atom is 0.179 e. The Morgan fingerprint density at radius 2 is 1.85 bits per heavy atom. The van der Waals surface area contributed by atoms with Crippen molar-refractivity contribution in [1.82, 2.24) is 9.88 Å². The minimum absolute atomic E-state index is 0.140. The summed E-state index contributed by atoms with van der Waals surface area (Å²) in [6.07, 6.45) is 0. The van der Waals surface area contributed by atoms with Crippen LogP contribution in [0.25, 0.3) is 0 Å². The molecule has 3 nitrogen and oxygen atoms in total. The largest absolute Gasteiger partial charge is 0.292 e. The van der Waals surface area contributed by atoms with E-state index in [1.165, 1.54) is 0 Å². The summed E-state index contributed by atoms with van der Waals surface area (Å²) in [5, 5.41) is 0. The topological polar surface area (TPSA) is 33.2 Å². The molecule has 0 saturated heterocycles. The van der Waals surface area contributed by atoms with Crippen molar-refractivity contribution in [2.24, 2.45) is 0 Å². The van der Waals surface area contributed by atoms with Gasteiger partial charge in [-0.25, -0.2) is 0 Å². The van der Waals surface area contributed by atoms with Gasteiger partial charge in [-0.2, -0.15) is 0 Å². The average Bonchev–Trinajstić information content (AvgIpc) is 2.46. The molecule has 1 heterocycles. The van der Waals surface area contributed by atoms with Crippen molar-refractivity contribution in [3.05, 3.63) is 65.5 Å². The van der Waals surface area contributed by atoms with Crippen molar-refractivity contribution < 1.29 is 4.79 Å². The summed E-state index contributed by atoms with van der Waals surface area (Å²) in [7, 11) is 1.95. The monoisotopic (exact) mass is 268 g/mol. The van der Waals surface area contributed by atoms with Crippen LogP contribution in [-0.2, 0) is 6.54 Å². The maximum absolute atomic E-state index is 12.4. The van der Waals surface area contributed by atoms with E-state index in [9.17, 15) is 4.79 Å². The van der Waals surface area contributed by atoms with E-state index in [1.54, 1.807) is 0 Å². The summed E-state index contributed by atoms with van der Waals surface area (Å²) in [6, 6.07) is 15.2. The van der Waals surface area contributed by atoms with Crippen LogP contribution in [0.5, 0.6) is 0 Å². The zero-order valence-electron chi connectivity index (χ0n) is 12.2. The van der Waals surface area contributed by atoms with Gasteiger partial charge in [0.2, 0.25) is 0 Å². The van der Waals surface area contributed by atoms with Crippen LogP contribution in [-0.4, -0.2) is 28.8 Å². The lowest BCUT2D eigenvalue weighted by Crippen LogP contribution is -2.35. The fourth-order valence-corrected chi connectivity index (χ4v) is 2.12. The molecule has 0 amide bonds. The van der Waals surface area contributed by atoms with Crippen LogP contribution in [0.4, 0.5) is 0 Å². The average molecular weight is 268 g/mol. The number of nitrogens with zero attached hydrogens (tertiary/aromatic N) is 2. The van der Waals surface area contributed by atoms with E-state index in [4.69, 9.17) is 0 Å². The second-order valence-electron chi connectivity index (χ2n) is 5.09. The predicted molar refractivity (Wildman–Crippen MR) is 80.7 cm³/mol. The van der Waals surface area contributed by atoms with E-state index in [2.05, 4.69) is 4.98 Å². The van der Waals surface area contributed by atoms with Crippen LogP contribution in [0, 0.1) is 6.92 Å². The molecule has 1 atom stereocenters. The van der Waals surface area contributed by atoms with Crippen LogP contribution < -0.4 is 0 Å². The Labute approximate surface area is 120 Å². The van der Waals surface area contributed by atoms with Gasteiger partial charge in [-0.3, -0.25) is 14.7 Å². The molecule has 0 aliphatic rings.